The maximum Gasteiger partial charge on any atom is 0.191 e. The van der Waals surface area contributed by atoms with Crippen molar-refractivity contribution in [2.45, 2.75) is 31.7 Å². The van der Waals surface area contributed by atoms with Gasteiger partial charge in [-0.3, -0.25) is 4.99 Å². The average Bonchev–Trinajstić information content (AvgIpc) is 3.40. The predicted octanol–water partition coefficient (Wildman–Crippen LogP) is 4.74. The van der Waals surface area contributed by atoms with Crippen molar-refractivity contribution in [1.29, 1.82) is 0 Å². The van der Waals surface area contributed by atoms with E-state index in [-0.39, 0.29) is 24.0 Å². The molecule has 1 fully saturated rings. The molecule has 1 aliphatic rings. The van der Waals surface area contributed by atoms with E-state index in [1.54, 1.807) is 11.3 Å². The first-order chi connectivity index (χ1) is 13.8. The van der Waals surface area contributed by atoms with Crippen molar-refractivity contribution in [2.75, 3.05) is 31.6 Å². The third-order valence-electron chi connectivity index (χ3n) is 5.08. The van der Waals surface area contributed by atoms with E-state index in [1.165, 1.54) is 14.7 Å². The van der Waals surface area contributed by atoms with Crippen LogP contribution in [0.4, 0.5) is 5.00 Å². The molecule has 3 aromatic rings. The quantitative estimate of drug-likeness (QED) is 0.205. The molecule has 0 spiro atoms. The van der Waals surface area contributed by atoms with Gasteiger partial charge >= 0.3 is 0 Å². The molecule has 3 heterocycles. The molecular formula is C21H28IN5S2. The predicted molar refractivity (Wildman–Crippen MR) is 137 cm³/mol. The maximum atomic E-state index is 4.71. The molecule has 5 nitrogen and oxygen atoms in total. The van der Waals surface area contributed by atoms with E-state index in [4.69, 9.17) is 4.98 Å². The van der Waals surface area contributed by atoms with Crippen LogP contribution in [0.1, 0.15) is 24.3 Å². The van der Waals surface area contributed by atoms with E-state index in [9.17, 15) is 0 Å². The van der Waals surface area contributed by atoms with E-state index in [1.807, 2.05) is 24.5 Å². The number of thiophene rings is 1. The highest BCUT2D eigenvalue weighted by molar-refractivity contribution is 14.0. The zero-order chi connectivity index (χ0) is 19.2. The van der Waals surface area contributed by atoms with Gasteiger partial charge in [-0.15, -0.1) is 46.7 Å². The molecule has 29 heavy (non-hydrogen) atoms. The minimum Gasteiger partial charge on any atom is -0.363 e. The highest BCUT2D eigenvalue weighted by Gasteiger charge is 2.20. The largest absolute Gasteiger partial charge is 0.363 e. The number of thiazole rings is 1. The number of halogens is 1. The number of aromatic nitrogens is 1. The number of piperidine rings is 1. The van der Waals surface area contributed by atoms with Crippen LogP contribution in [0.5, 0.6) is 0 Å². The summed E-state index contributed by atoms with van der Waals surface area (Å²) in [5.41, 5.74) is 1.11. The molecule has 0 saturated carbocycles. The maximum absolute atomic E-state index is 4.71. The zero-order valence-corrected chi connectivity index (χ0v) is 20.6. The molecule has 156 valence electrons. The minimum atomic E-state index is 0. The number of fused-ring (bicyclic) bond motifs is 1. The molecule has 2 N–H and O–H groups in total. The Hall–Kier alpha value is -1.39. The molecule has 1 saturated heterocycles. The number of para-hydroxylation sites is 1. The number of aliphatic imine (C=N–C) groups is 1. The Labute approximate surface area is 197 Å². The van der Waals surface area contributed by atoms with E-state index >= 15 is 0 Å². The molecule has 0 atom stereocenters. The SMILES string of the molecule is CN=C(NCCCc1nc2ccccc2s1)NC1CCN(c2cccs2)CC1.I. The smallest absolute Gasteiger partial charge is 0.191 e. The molecule has 4 rings (SSSR count). The lowest BCUT2D eigenvalue weighted by Gasteiger charge is -2.33. The van der Waals surface area contributed by atoms with Gasteiger partial charge < -0.3 is 15.5 Å². The molecule has 0 radical (unpaired) electrons. The van der Waals surface area contributed by atoms with Gasteiger partial charge in [-0.05, 0) is 48.9 Å². The van der Waals surface area contributed by atoms with Gasteiger partial charge in [0.1, 0.15) is 0 Å². The summed E-state index contributed by atoms with van der Waals surface area (Å²) >= 11 is 3.63. The molecule has 1 aliphatic heterocycles. The normalized spacial score (nSPS) is 15.3. The fourth-order valence-corrected chi connectivity index (χ4v) is 5.35. The van der Waals surface area contributed by atoms with Crippen molar-refractivity contribution in [3.8, 4) is 0 Å². The Kier molecular flexibility index (Phi) is 8.55. The molecule has 0 amide bonds. The Morgan fingerprint density at radius 3 is 2.76 bits per heavy atom. The van der Waals surface area contributed by atoms with Crippen LogP contribution < -0.4 is 15.5 Å². The lowest BCUT2D eigenvalue weighted by atomic mass is 10.1. The number of hydrogen-bond donors (Lipinski definition) is 2. The highest BCUT2D eigenvalue weighted by atomic mass is 127. The van der Waals surface area contributed by atoms with Gasteiger partial charge in [0.15, 0.2) is 5.96 Å². The number of benzene rings is 1. The second-order valence-corrected chi connectivity index (χ2v) is 9.08. The second kappa shape index (κ2) is 11.1. The van der Waals surface area contributed by atoms with Crippen molar-refractivity contribution in [3.05, 3.63) is 46.8 Å². The van der Waals surface area contributed by atoms with Gasteiger partial charge in [0.2, 0.25) is 0 Å². The van der Waals surface area contributed by atoms with Gasteiger partial charge in [0, 0.05) is 39.1 Å². The third-order valence-corrected chi connectivity index (χ3v) is 7.10. The van der Waals surface area contributed by atoms with E-state index < -0.39 is 0 Å². The van der Waals surface area contributed by atoms with Gasteiger partial charge in [-0.1, -0.05) is 12.1 Å². The Morgan fingerprint density at radius 1 is 1.21 bits per heavy atom. The van der Waals surface area contributed by atoms with E-state index in [2.05, 4.69) is 56.2 Å². The first-order valence-electron chi connectivity index (χ1n) is 9.92. The minimum absolute atomic E-state index is 0. The number of nitrogens with one attached hydrogen (secondary N) is 2. The van der Waals surface area contributed by atoms with E-state index in [0.717, 1.165) is 56.8 Å². The summed E-state index contributed by atoms with van der Waals surface area (Å²) in [6.07, 6.45) is 4.34. The lowest BCUT2D eigenvalue weighted by Crippen LogP contribution is -2.48. The monoisotopic (exact) mass is 541 g/mol. The average molecular weight is 542 g/mol. The van der Waals surface area contributed by atoms with Crippen LogP contribution in [-0.2, 0) is 6.42 Å². The van der Waals surface area contributed by atoms with Gasteiger partial charge in [-0.2, -0.15) is 0 Å². The summed E-state index contributed by atoms with van der Waals surface area (Å²) in [6.45, 7) is 3.11. The molecule has 0 unspecified atom stereocenters. The summed E-state index contributed by atoms with van der Waals surface area (Å²) in [4.78, 5) is 11.6. The van der Waals surface area contributed by atoms with Crippen molar-refractivity contribution in [3.63, 3.8) is 0 Å². The summed E-state index contributed by atoms with van der Waals surface area (Å²) in [7, 11) is 1.85. The lowest BCUT2D eigenvalue weighted by molar-refractivity contribution is 0.462. The number of anilines is 1. The van der Waals surface area contributed by atoms with Crippen LogP contribution in [0, 0.1) is 0 Å². The first kappa shape index (κ1) is 22.3. The summed E-state index contributed by atoms with van der Waals surface area (Å²) in [5, 5.41) is 11.8. The summed E-state index contributed by atoms with van der Waals surface area (Å²) < 4.78 is 1.27. The van der Waals surface area contributed by atoms with Crippen LogP contribution >= 0.6 is 46.7 Å². The van der Waals surface area contributed by atoms with Crippen molar-refractivity contribution in [2.24, 2.45) is 4.99 Å². The second-order valence-electron chi connectivity index (χ2n) is 7.03. The number of hydrogen-bond acceptors (Lipinski definition) is 5. The van der Waals surface area contributed by atoms with Crippen molar-refractivity contribution < 1.29 is 0 Å². The fourth-order valence-electron chi connectivity index (χ4n) is 3.56. The van der Waals surface area contributed by atoms with Crippen LogP contribution in [-0.4, -0.2) is 43.7 Å². The third kappa shape index (κ3) is 6.05. The first-order valence-corrected chi connectivity index (χ1v) is 11.6. The number of rotatable bonds is 6. The molecule has 0 bridgehead atoms. The van der Waals surface area contributed by atoms with Crippen LogP contribution in [0.2, 0.25) is 0 Å². The Bertz CT molecular complexity index is 868. The number of aryl methyl sites for hydroxylation is 1. The zero-order valence-electron chi connectivity index (χ0n) is 16.6. The fraction of sp³-hybridized carbons (Fsp3) is 0.429. The van der Waals surface area contributed by atoms with Crippen LogP contribution in [0.3, 0.4) is 0 Å². The highest BCUT2D eigenvalue weighted by Crippen LogP contribution is 2.25. The van der Waals surface area contributed by atoms with E-state index in [0.29, 0.717) is 6.04 Å². The van der Waals surface area contributed by atoms with Crippen molar-refractivity contribution >= 4 is 67.8 Å². The summed E-state index contributed by atoms with van der Waals surface area (Å²) in [5.74, 6) is 0.916. The molecule has 2 aromatic heterocycles. The topological polar surface area (TPSA) is 52.6 Å². The standard InChI is InChI=1S/C21H27N5S2.HI/c1-22-21(24-16-10-13-26(14-11-16)20-9-5-15-27-20)23-12-4-8-19-25-17-6-2-3-7-18(17)28-19;/h2-3,5-7,9,15-16H,4,8,10-14H2,1H3,(H2,22,23,24);1H. The Morgan fingerprint density at radius 2 is 2.03 bits per heavy atom. The number of guanidine groups is 1. The molecule has 8 heteroatoms. The number of nitrogens with zero attached hydrogens (tertiary/aromatic N) is 3. The molecule has 1 aromatic carbocycles. The summed E-state index contributed by atoms with van der Waals surface area (Å²) in [6, 6.07) is 13.2. The molecule has 0 aliphatic carbocycles. The van der Waals surface area contributed by atoms with Crippen LogP contribution in [0.25, 0.3) is 10.2 Å². The molecular weight excluding hydrogens is 513 g/mol. The Balaban J connectivity index is 0.00000240. The van der Waals surface area contributed by atoms with Gasteiger partial charge in [0.25, 0.3) is 0 Å². The van der Waals surface area contributed by atoms with Gasteiger partial charge in [0.05, 0.1) is 20.2 Å². The van der Waals surface area contributed by atoms with Gasteiger partial charge in [-0.25, -0.2) is 4.98 Å². The van der Waals surface area contributed by atoms with Crippen LogP contribution in [0.15, 0.2) is 46.8 Å². The van der Waals surface area contributed by atoms with Crippen molar-refractivity contribution in [1.82, 2.24) is 15.6 Å².